The van der Waals surface area contributed by atoms with Gasteiger partial charge < -0.3 is 5.32 Å². The van der Waals surface area contributed by atoms with Crippen LogP contribution in [0.1, 0.15) is 11.1 Å². The van der Waals surface area contributed by atoms with Gasteiger partial charge in [0.25, 0.3) is 0 Å². The second-order valence-electron chi connectivity index (χ2n) is 4.53. The van der Waals surface area contributed by atoms with Gasteiger partial charge in [-0.25, -0.2) is 0 Å². The van der Waals surface area contributed by atoms with E-state index < -0.39 is 0 Å². The number of aromatic nitrogens is 3. The zero-order chi connectivity index (χ0) is 13.9. The highest BCUT2D eigenvalue weighted by Crippen LogP contribution is 2.22. The first-order valence-electron chi connectivity index (χ1n) is 6.27. The van der Waals surface area contributed by atoms with E-state index in [0.29, 0.717) is 11.6 Å². The molecule has 4 nitrogen and oxygen atoms in total. The Morgan fingerprint density at radius 2 is 1.90 bits per heavy atom. The van der Waals surface area contributed by atoms with Crippen molar-refractivity contribution in [2.45, 2.75) is 13.5 Å². The van der Waals surface area contributed by atoms with Gasteiger partial charge in [-0.2, -0.15) is 0 Å². The minimum Gasteiger partial charge on any atom is -0.379 e. The predicted molar refractivity (Wildman–Crippen MR) is 80.8 cm³/mol. The van der Waals surface area contributed by atoms with Crippen molar-refractivity contribution >= 4 is 28.3 Å². The standard InChI is InChI=1S/C15H13ClN4/c1-10-12(16)8-17-9-15(10)20-7-11-2-3-13-14(6-11)19-5-4-18-13/h2-6,8-9,20H,7H2,1H3. The Kier molecular flexibility index (Phi) is 3.48. The van der Waals surface area contributed by atoms with Gasteiger partial charge in [-0.05, 0) is 30.2 Å². The lowest BCUT2D eigenvalue weighted by atomic mass is 10.2. The van der Waals surface area contributed by atoms with Crippen LogP contribution in [0.3, 0.4) is 0 Å². The molecule has 0 saturated carbocycles. The molecule has 0 amide bonds. The molecule has 3 aromatic rings. The molecule has 0 radical (unpaired) electrons. The van der Waals surface area contributed by atoms with E-state index >= 15 is 0 Å². The average molecular weight is 285 g/mol. The normalized spacial score (nSPS) is 10.7. The zero-order valence-corrected chi connectivity index (χ0v) is 11.7. The summed E-state index contributed by atoms with van der Waals surface area (Å²) in [4.78, 5) is 12.7. The Morgan fingerprint density at radius 1 is 1.10 bits per heavy atom. The molecule has 0 bridgehead atoms. The maximum Gasteiger partial charge on any atom is 0.0890 e. The molecule has 3 rings (SSSR count). The predicted octanol–water partition coefficient (Wildman–Crippen LogP) is 3.60. The molecule has 2 aromatic heterocycles. The van der Waals surface area contributed by atoms with E-state index in [1.54, 1.807) is 24.8 Å². The minimum atomic E-state index is 0.666. The number of fused-ring (bicyclic) bond motifs is 1. The second kappa shape index (κ2) is 5.43. The van der Waals surface area contributed by atoms with Gasteiger partial charge in [0, 0.05) is 25.1 Å². The smallest absolute Gasteiger partial charge is 0.0890 e. The fourth-order valence-corrected chi connectivity index (χ4v) is 2.15. The first kappa shape index (κ1) is 12.8. The van der Waals surface area contributed by atoms with E-state index in [1.165, 1.54) is 0 Å². The first-order chi connectivity index (χ1) is 9.74. The van der Waals surface area contributed by atoms with Gasteiger partial charge in [0.2, 0.25) is 0 Å². The fourth-order valence-electron chi connectivity index (χ4n) is 1.99. The molecule has 0 spiro atoms. The van der Waals surface area contributed by atoms with Crippen LogP contribution >= 0.6 is 11.6 Å². The van der Waals surface area contributed by atoms with Crippen molar-refractivity contribution in [2.24, 2.45) is 0 Å². The summed E-state index contributed by atoms with van der Waals surface area (Å²) in [6.07, 6.45) is 6.82. The highest BCUT2D eigenvalue weighted by Gasteiger charge is 2.03. The number of rotatable bonds is 3. The Morgan fingerprint density at radius 3 is 2.75 bits per heavy atom. The van der Waals surface area contributed by atoms with Gasteiger partial charge in [-0.1, -0.05) is 17.7 Å². The summed E-state index contributed by atoms with van der Waals surface area (Å²) < 4.78 is 0. The van der Waals surface area contributed by atoms with Crippen molar-refractivity contribution in [1.29, 1.82) is 0 Å². The summed E-state index contributed by atoms with van der Waals surface area (Å²) in [5.74, 6) is 0. The van der Waals surface area contributed by atoms with Crippen molar-refractivity contribution < 1.29 is 0 Å². The van der Waals surface area contributed by atoms with Gasteiger partial charge in [-0.15, -0.1) is 0 Å². The molecule has 20 heavy (non-hydrogen) atoms. The highest BCUT2D eigenvalue weighted by molar-refractivity contribution is 6.31. The molecular formula is C15H13ClN4. The lowest BCUT2D eigenvalue weighted by Gasteiger charge is -2.10. The number of anilines is 1. The molecule has 100 valence electrons. The summed E-state index contributed by atoms with van der Waals surface area (Å²) in [5, 5.41) is 4.01. The average Bonchev–Trinajstić information content (AvgIpc) is 2.48. The van der Waals surface area contributed by atoms with Crippen molar-refractivity contribution in [2.75, 3.05) is 5.32 Å². The lowest BCUT2D eigenvalue weighted by Crippen LogP contribution is -2.02. The summed E-state index contributed by atoms with van der Waals surface area (Å²) in [5.41, 5.74) is 4.88. The van der Waals surface area contributed by atoms with Crippen molar-refractivity contribution in [3.63, 3.8) is 0 Å². The van der Waals surface area contributed by atoms with Gasteiger partial charge in [-0.3, -0.25) is 15.0 Å². The number of nitrogens with one attached hydrogen (secondary N) is 1. The second-order valence-corrected chi connectivity index (χ2v) is 4.93. The number of pyridine rings is 1. The van der Waals surface area contributed by atoms with Gasteiger partial charge in [0.15, 0.2) is 0 Å². The third-order valence-electron chi connectivity index (χ3n) is 3.17. The van der Waals surface area contributed by atoms with Crippen molar-refractivity contribution in [3.8, 4) is 0 Å². The Labute approximate surface area is 121 Å². The van der Waals surface area contributed by atoms with Crippen molar-refractivity contribution in [1.82, 2.24) is 15.0 Å². The summed E-state index contributed by atoms with van der Waals surface area (Å²) in [6, 6.07) is 6.04. The third-order valence-corrected chi connectivity index (χ3v) is 3.55. The summed E-state index contributed by atoms with van der Waals surface area (Å²) in [6.45, 7) is 2.66. The molecule has 0 fully saturated rings. The zero-order valence-electron chi connectivity index (χ0n) is 11.0. The van der Waals surface area contributed by atoms with E-state index in [2.05, 4.69) is 20.3 Å². The van der Waals surface area contributed by atoms with Crippen LogP contribution in [0.2, 0.25) is 5.02 Å². The molecule has 2 heterocycles. The van der Waals surface area contributed by atoms with Crippen LogP contribution in [0.5, 0.6) is 0 Å². The Bertz CT molecular complexity index is 758. The van der Waals surface area contributed by atoms with E-state index in [4.69, 9.17) is 11.6 Å². The molecule has 5 heteroatoms. The SMILES string of the molecule is Cc1c(Cl)cncc1NCc1ccc2nccnc2c1. The van der Waals surface area contributed by atoms with Crippen LogP contribution in [0, 0.1) is 6.92 Å². The largest absolute Gasteiger partial charge is 0.379 e. The van der Waals surface area contributed by atoms with Gasteiger partial charge >= 0.3 is 0 Å². The van der Waals surface area contributed by atoms with E-state index in [0.717, 1.165) is 27.8 Å². The number of hydrogen-bond donors (Lipinski definition) is 1. The molecule has 0 aliphatic rings. The molecule has 0 saturated heterocycles. The van der Waals surface area contributed by atoms with Crippen LogP contribution in [-0.2, 0) is 6.54 Å². The van der Waals surface area contributed by atoms with Crippen LogP contribution in [0.4, 0.5) is 5.69 Å². The number of benzene rings is 1. The molecular weight excluding hydrogens is 272 g/mol. The Balaban J connectivity index is 1.81. The fraction of sp³-hybridized carbons (Fsp3) is 0.133. The number of halogens is 1. The molecule has 0 atom stereocenters. The molecule has 0 aliphatic heterocycles. The van der Waals surface area contributed by atoms with E-state index in [1.807, 2.05) is 25.1 Å². The van der Waals surface area contributed by atoms with Gasteiger partial charge in [0.05, 0.1) is 27.9 Å². The van der Waals surface area contributed by atoms with Crippen molar-refractivity contribution in [3.05, 3.63) is 59.1 Å². The molecule has 1 aromatic carbocycles. The van der Waals surface area contributed by atoms with Crippen LogP contribution in [-0.4, -0.2) is 15.0 Å². The highest BCUT2D eigenvalue weighted by atomic mass is 35.5. The number of nitrogens with zero attached hydrogens (tertiary/aromatic N) is 3. The third kappa shape index (κ3) is 2.56. The Hall–Kier alpha value is -2.20. The van der Waals surface area contributed by atoms with Gasteiger partial charge in [0.1, 0.15) is 0 Å². The van der Waals surface area contributed by atoms with E-state index in [9.17, 15) is 0 Å². The van der Waals surface area contributed by atoms with Crippen LogP contribution < -0.4 is 5.32 Å². The topological polar surface area (TPSA) is 50.7 Å². The number of hydrogen-bond acceptors (Lipinski definition) is 4. The minimum absolute atomic E-state index is 0.666. The quantitative estimate of drug-likeness (QED) is 0.798. The lowest BCUT2D eigenvalue weighted by molar-refractivity contribution is 1.12. The maximum absolute atomic E-state index is 6.05. The summed E-state index contributed by atoms with van der Waals surface area (Å²) in [7, 11) is 0. The molecule has 1 N–H and O–H groups in total. The maximum atomic E-state index is 6.05. The van der Waals surface area contributed by atoms with E-state index in [-0.39, 0.29) is 0 Å². The monoisotopic (exact) mass is 284 g/mol. The first-order valence-corrected chi connectivity index (χ1v) is 6.65. The van der Waals surface area contributed by atoms with Crippen LogP contribution in [0.15, 0.2) is 43.0 Å². The van der Waals surface area contributed by atoms with Crippen LogP contribution in [0.25, 0.3) is 11.0 Å². The summed E-state index contributed by atoms with van der Waals surface area (Å²) >= 11 is 6.05. The molecule has 0 unspecified atom stereocenters. The molecule has 0 aliphatic carbocycles.